The summed E-state index contributed by atoms with van der Waals surface area (Å²) in [5.74, 6) is 0.866. The van der Waals surface area contributed by atoms with Gasteiger partial charge < -0.3 is 5.32 Å². The van der Waals surface area contributed by atoms with E-state index in [2.05, 4.69) is 45.2 Å². The minimum Gasteiger partial charge on any atom is -0.317 e. The molecule has 0 atom stereocenters. The molecule has 2 aliphatic rings. The Morgan fingerprint density at radius 3 is 2.55 bits per heavy atom. The number of piperidine rings is 1. The van der Waals surface area contributed by atoms with Crippen molar-refractivity contribution in [3.63, 3.8) is 0 Å². The molecule has 2 fully saturated rings. The Labute approximate surface area is 130 Å². The highest BCUT2D eigenvalue weighted by Gasteiger charge is 2.32. The Morgan fingerprint density at radius 1 is 1.30 bits per heavy atom. The number of rotatable bonds is 5. The predicted octanol–water partition coefficient (Wildman–Crippen LogP) is 2.46. The standard InChI is InChI=1S/C15H25BrN4/c1-11-15(16)14(19(2)18-11)10-20(13-3-4-13)9-12-5-7-17-8-6-12/h12-13,17H,3-10H2,1-2H3. The number of nitrogens with one attached hydrogen (secondary N) is 1. The number of nitrogens with zero attached hydrogens (tertiary/aromatic N) is 3. The summed E-state index contributed by atoms with van der Waals surface area (Å²) in [6.45, 7) is 6.74. The Balaban J connectivity index is 1.67. The highest BCUT2D eigenvalue weighted by Crippen LogP contribution is 2.32. The molecule has 1 aliphatic carbocycles. The molecule has 112 valence electrons. The van der Waals surface area contributed by atoms with E-state index in [1.165, 1.54) is 55.5 Å². The zero-order chi connectivity index (χ0) is 14.1. The van der Waals surface area contributed by atoms with Crippen molar-refractivity contribution < 1.29 is 0 Å². The highest BCUT2D eigenvalue weighted by atomic mass is 79.9. The van der Waals surface area contributed by atoms with E-state index in [4.69, 9.17) is 0 Å². The van der Waals surface area contributed by atoms with Crippen molar-refractivity contribution in [2.24, 2.45) is 13.0 Å². The van der Waals surface area contributed by atoms with Crippen LogP contribution in [0.15, 0.2) is 4.47 Å². The van der Waals surface area contributed by atoms with Crippen LogP contribution in [-0.2, 0) is 13.6 Å². The molecule has 1 aromatic rings. The minimum atomic E-state index is 0.812. The molecule has 0 aromatic carbocycles. The Hall–Kier alpha value is -0.390. The summed E-state index contributed by atoms with van der Waals surface area (Å²) in [6, 6.07) is 0.812. The summed E-state index contributed by atoms with van der Waals surface area (Å²) < 4.78 is 3.23. The second-order valence-electron chi connectivity index (χ2n) is 6.32. The number of hydrogen-bond donors (Lipinski definition) is 1. The van der Waals surface area contributed by atoms with E-state index in [-0.39, 0.29) is 0 Å². The van der Waals surface area contributed by atoms with Gasteiger partial charge in [0.25, 0.3) is 0 Å². The van der Waals surface area contributed by atoms with Gasteiger partial charge in [0, 0.05) is 26.2 Å². The minimum absolute atomic E-state index is 0.812. The number of aryl methyl sites for hydroxylation is 2. The van der Waals surface area contributed by atoms with Crippen LogP contribution in [0.3, 0.4) is 0 Å². The van der Waals surface area contributed by atoms with Gasteiger partial charge in [-0.2, -0.15) is 5.10 Å². The molecule has 2 heterocycles. The summed E-state index contributed by atoms with van der Waals surface area (Å²) in [7, 11) is 2.06. The van der Waals surface area contributed by atoms with Crippen LogP contribution in [0.1, 0.15) is 37.1 Å². The van der Waals surface area contributed by atoms with Crippen molar-refractivity contribution in [2.45, 2.75) is 45.2 Å². The van der Waals surface area contributed by atoms with Crippen molar-refractivity contribution in [1.82, 2.24) is 20.0 Å². The van der Waals surface area contributed by atoms with E-state index in [9.17, 15) is 0 Å². The zero-order valence-electron chi connectivity index (χ0n) is 12.5. The van der Waals surface area contributed by atoms with E-state index in [1.54, 1.807) is 0 Å². The molecule has 0 bridgehead atoms. The lowest BCUT2D eigenvalue weighted by Crippen LogP contribution is -2.37. The van der Waals surface area contributed by atoms with E-state index >= 15 is 0 Å². The van der Waals surface area contributed by atoms with E-state index in [0.29, 0.717) is 0 Å². The van der Waals surface area contributed by atoms with E-state index in [1.807, 2.05) is 4.68 Å². The fourth-order valence-electron chi connectivity index (χ4n) is 3.22. The van der Waals surface area contributed by atoms with Gasteiger partial charge >= 0.3 is 0 Å². The van der Waals surface area contributed by atoms with Crippen LogP contribution in [0, 0.1) is 12.8 Å². The molecule has 4 nitrogen and oxygen atoms in total. The average Bonchev–Trinajstić information content (AvgIpc) is 3.24. The number of halogens is 1. The van der Waals surface area contributed by atoms with Crippen LogP contribution in [0.5, 0.6) is 0 Å². The van der Waals surface area contributed by atoms with Gasteiger partial charge in [0.15, 0.2) is 0 Å². The molecule has 1 saturated heterocycles. The summed E-state index contributed by atoms with van der Waals surface area (Å²) in [5, 5.41) is 7.99. The van der Waals surface area contributed by atoms with Crippen molar-refractivity contribution in [3.05, 3.63) is 15.9 Å². The van der Waals surface area contributed by atoms with E-state index in [0.717, 1.165) is 24.2 Å². The number of hydrogen-bond acceptors (Lipinski definition) is 3. The van der Waals surface area contributed by atoms with Crippen LogP contribution >= 0.6 is 15.9 Å². The quantitative estimate of drug-likeness (QED) is 0.893. The first-order valence-corrected chi connectivity index (χ1v) is 8.57. The molecule has 0 radical (unpaired) electrons. The summed E-state index contributed by atoms with van der Waals surface area (Å²) in [4.78, 5) is 2.69. The van der Waals surface area contributed by atoms with Gasteiger partial charge in [0.1, 0.15) is 0 Å². The van der Waals surface area contributed by atoms with Crippen molar-refractivity contribution in [3.8, 4) is 0 Å². The Kier molecular flexibility index (Phi) is 4.48. The lowest BCUT2D eigenvalue weighted by atomic mass is 9.97. The number of aromatic nitrogens is 2. The van der Waals surface area contributed by atoms with Crippen LogP contribution in [0.25, 0.3) is 0 Å². The third kappa shape index (κ3) is 3.26. The molecular weight excluding hydrogens is 316 g/mol. The average molecular weight is 341 g/mol. The molecule has 1 aliphatic heterocycles. The van der Waals surface area contributed by atoms with Crippen LogP contribution in [0.4, 0.5) is 0 Å². The summed E-state index contributed by atoms with van der Waals surface area (Å²) in [6.07, 6.45) is 5.41. The maximum Gasteiger partial charge on any atom is 0.0739 e. The zero-order valence-corrected chi connectivity index (χ0v) is 14.1. The van der Waals surface area contributed by atoms with Gasteiger partial charge in [-0.05, 0) is 67.5 Å². The first-order valence-electron chi connectivity index (χ1n) is 7.78. The maximum atomic E-state index is 4.52. The Bertz CT molecular complexity index is 461. The lowest BCUT2D eigenvalue weighted by Gasteiger charge is -2.30. The third-order valence-electron chi connectivity index (χ3n) is 4.63. The van der Waals surface area contributed by atoms with Crippen molar-refractivity contribution in [2.75, 3.05) is 19.6 Å². The first-order chi connectivity index (χ1) is 9.65. The van der Waals surface area contributed by atoms with Crippen LogP contribution < -0.4 is 5.32 Å². The molecule has 1 aromatic heterocycles. The van der Waals surface area contributed by atoms with Gasteiger partial charge in [-0.25, -0.2) is 0 Å². The molecule has 0 amide bonds. The SMILES string of the molecule is Cc1nn(C)c(CN(CC2CCNCC2)C2CC2)c1Br. The van der Waals surface area contributed by atoms with Gasteiger partial charge in [-0.15, -0.1) is 0 Å². The van der Waals surface area contributed by atoms with Gasteiger partial charge in [0.05, 0.1) is 15.9 Å². The first kappa shape index (κ1) is 14.5. The van der Waals surface area contributed by atoms with E-state index < -0.39 is 0 Å². The molecule has 5 heteroatoms. The molecule has 0 unspecified atom stereocenters. The van der Waals surface area contributed by atoms with Crippen LogP contribution in [0.2, 0.25) is 0 Å². The van der Waals surface area contributed by atoms with Gasteiger partial charge in [-0.3, -0.25) is 9.58 Å². The molecule has 1 N–H and O–H groups in total. The topological polar surface area (TPSA) is 33.1 Å². The van der Waals surface area contributed by atoms with Crippen molar-refractivity contribution >= 4 is 15.9 Å². The highest BCUT2D eigenvalue weighted by molar-refractivity contribution is 9.10. The second kappa shape index (κ2) is 6.16. The normalized spacial score (nSPS) is 20.8. The lowest BCUT2D eigenvalue weighted by molar-refractivity contribution is 0.186. The second-order valence-corrected chi connectivity index (χ2v) is 7.12. The predicted molar refractivity (Wildman–Crippen MR) is 84.7 cm³/mol. The molecule has 0 spiro atoms. The smallest absolute Gasteiger partial charge is 0.0739 e. The van der Waals surface area contributed by atoms with Crippen LogP contribution in [-0.4, -0.2) is 40.4 Å². The molecule has 20 heavy (non-hydrogen) atoms. The molecule has 1 saturated carbocycles. The summed E-state index contributed by atoms with van der Waals surface area (Å²) in [5.41, 5.74) is 2.42. The largest absolute Gasteiger partial charge is 0.317 e. The fourth-order valence-corrected chi connectivity index (χ4v) is 3.68. The Morgan fingerprint density at radius 2 is 2.00 bits per heavy atom. The fraction of sp³-hybridized carbons (Fsp3) is 0.800. The molecule has 3 rings (SSSR count). The van der Waals surface area contributed by atoms with Crippen molar-refractivity contribution in [1.29, 1.82) is 0 Å². The monoisotopic (exact) mass is 340 g/mol. The third-order valence-corrected chi connectivity index (χ3v) is 5.66. The van der Waals surface area contributed by atoms with Gasteiger partial charge in [0.2, 0.25) is 0 Å². The van der Waals surface area contributed by atoms with Gasteiger partial charge in [-0.1, -0.05) is 0 Å². The molecular formula is C15H25BrN4. The maximum absolute atomic E-state index is 4.52. The summed E-state index contributed by atoms with van der Waals surface area (Å²) >= 11 is 3.70.